The summed E-state index contributed by atoms with van der Waals surface area (Å²) in [4.78, 5) is 4.33. The average Bonchev–Trinajstić information content (AvgIpc) is 3.10. The Hall–Kier alpha value is -2.59. The van der Waals surface area contributed by atoms with Crippen LogP contribution in [-0.4, -0.2) is 14.8 Å². The van der Waals surface area contributed by atoms with Gasteiger partial charge in [-0.2, -0.15) is 10.1 Å². The van der Waals surface area contributed by atoms with E-state index in [9.17, 15) is 0 Å². The third kappa shape index (κ3) is 2.69. The molecule has 1 aliphatic rings. The molecule has 24 heavy (non-hydrogen) atoms. The first-order valence-corrected chi connectivity index (χ1v) is 8.35. The average molecular weight is 337 g/mol. The highest BCUT2D eigenvalue weighted by Crippen LogP contribution is 2.32. The second-order valence-corrected chi connectivity index (χ2v) is 6.22. The van der Waals surface area contributed by atoms with Gasteiger partial charge in [0.15, 0.2) is 0 Å². The van der Waals surface area contributed by atoms with Gasteiger partial charge in [0.05, 0.1) is 0 Å². The molecule has 0 unspecified atom stereocenters. The van der Waals surface area contributed by atoms with Crippen LogP contribution in [0.5, 0.6) is 0 Å². The first-order valence-electron chi connectivity index (χ1n) is 7.97. The molecule has 0 fully saturated rings. The lowest BCUT2D eigenvalue weighted by Gasteiger charge is -2.24. The van der Waals surface area contributed by atoms with E-state index in [0.717, 1.165) is 28.7 Å². The smallest absolute Gasteiger partial charge is 0.226 e. The first kappa shape index (κ1) is 15.0. The maximum atomic E-state index is 6.00. The molecule has 2 heterocycles. The molecule has 0 radical (unpaired) electrons. The van der Waals surface area contributed by atoms with E-state index in [1.165, 1.54) is 11.1 Å². The van der Waals surface area contributed by atoms with Gasteiger partial charge >= 0.3 is 0 Å². The monoisotopic (exact) mass is 336 g/mol. The highest BCUT2D eigenvalue weighted by Gasteiger charge is 2.23. The molecular formula is C19H17ClN4. The molecule has 120 valence electrons. The summed E-state index contributed by atoms with van der Waals surface area (Å²) in [6.07, 6.45) is 4.78. The molecule has 3 aromatic rings. The van der Waals surface area contributed by atoms with E-state index in [4.69, 9.17) is 11.6 Å². The molecule has 0 bridgehead atoms. The van der Waals surface area contributed by atoms with Crippen LogP contribution in [0.1, 0.15) is 29.7 Å². The van der Waals surface area contributed by atoms with Crippen LogP contribution in [0.15, 0.2) is 60.9 Å². The number of rotatable bonds is 3. The summed E-state index contributed by atoms with van der Waals surface area (Å²) in [5.74, 6) is 0.743. The second-order valence-electron chi connectivity index (χ2n) is 5.78. The number of hydrogen-bond donors (Lipinski definition) is 1. The van der Waals surface area contributed by atoms with Gasteiger partial charge in [0.25, 0.3) is 0 Å². The normalized spacial score (nSPS) is 16.2. The Bertz CT molecular complexity index is 878. The minimum absolute atomic E-state index is 0.0142. The van der Waals surface area contributed by atoms with Crippen LogP contribution in [0.4, 0.5) is 5.95 Å². The lowest BCUT2D eigenvalue weighted by molar-refractivity contribution is 0.611. The largest absolute Gasteiger partial charge is 0.324 e. The molecule has 0 aliphatic carbocycles. The van der Waals surface area contributed by atoms with Crippen LogP contribution in [0.3, 0.4) is 0 Å². The molecule has 1 atom stereocenters. The summed E-state index contributed by atoms with van der Waals surface area (Å²) < 4.78 is 1.90. The number of hydrogen-bond acceptors (Lipinski definition) is 3. The summed E-state index contributed by atoms with van der Waals surface area (Å²) in [7, 11) is 0. The van der Waals surface area contributed by atoms with Gasteiger partial charge in [-0.05, 0) is 41.3 Å². The number of halogens is 1. The summed E-state index contributed by atoms with van der Waals surface area (Å²) in [6, 6.07) is 16.5. The molecule has 0 spiro atoms. The minimum atomic E-state index is 0.0142. The second kappa shape index (κ2) is 6.13. The van der Waals surface area contributed by atoms with Gasteiger partial charge in [0.2, 0.25) is 5.95 Å². The first-order chi connectivity index (χ1) is 11.7. The van der Waals surface area contributed by atoms with E-state index in [-0.39, 0.29) is 6.04 Å². The van der Waals surface area contributed by atoms with Gasteiger partial charge in [-0.1, -0.05) is 54.9 Å². The summed E-state index contributed by atoms with van der Waals surface area (Å²) in [6.45, 7) is 2.16. The molecule has 0 amide bonds. The minimum Gasteiger partial charge on any atom is -0.324 e. The molecule has 0 saturated heterocycles. The van der Waals surface area contributed by atoms with Crippen molar-refractivity contribution in [3.8, 4) is 0 Å². The van der Waals surface area contributed by atoms with Crippen LogP contribution < -0.4 is 5.32 Å². The lowest BCUT2D eigenvalue weighted by Crippen LogP contribution is -2.20. The number of anilines is 1. The number of nitrogens with zero attached hydrogens (tertiary/aromatic N) is 3. The Morgan fingerprint density at radius 1 is 1.08 bits per heavy atom. The van der Waals surface area contributed by atoms with E-state index in [1.807, 2.05) is 28.9 Å². The zero-order valence-corrected chi connectivity index (χ0v) is 14.0. The third-order valence-corrected chi connectivity index (χ3v) is 4.54. The topological polar surface area (TPSA) is 42.7 Å². The van der Waals surface area contributed by atoms with Crippen LogP contribution in [0.2, 0.25) is 5.02 Å². The van der Waals surface area contributed by atoms with Crippen molar-refractivity contribution in [1.29, 1.82) is 0 Å². The van der Waals surface area contributed by atoms with E-state index >= 15 is 0 Å². The molecule has 1 aliphatic heterocycles. The van der Waals surface area contributed by atoms with Crippen LogP contribution in [0, 0.1) is 0 Å². The van der Waals surface area contributed by atoms with Gasteiger partial charge < -0.3 is 5.32 Å². The van der Waals surface area contributed by atoms with Gasteiger partial charge in [-0.15, -0.1) is 0 Å². The number of aromatic nitrogens is 3. The van der Waals surface area contributed by atoms with E-state index in [1.54, 1.807) is 6.33 Å². The predicted molar refractivity (Wildman–Crippen MR) is 97.0 cm³/mol. The van der Waals surface area contributed by atoms with Crippen molar-refractivity contribution in [3.63, 3.8) is 0 Å². The summed E-state index contributed by atoms with van der Waals surface area (Å²) in [5.41, 5.74) is 4.60. The summed E-state index contributed by atoms with van der Waals surface area (Å²) in [5, 5.41) is 8.45. The van der Waals surface area contributed by atoms with Crippen molar-refractivity contribution in [3.05, 3.63) is 82.6 Å². The van der Waals surface area contributed by atoms with Gasteiger partial charge in [0, 0.05) is 10.7 Å². The number of nitrogens with one attached hydrogen (secondary N) is 1. The van der Waals surface area contributed by atoms with Gasteiger partial charge in [-0.25, -0.2) is 4.68 Å². The van der Waals surface area contributed by atoms with Crippen LogP contribution in [0.25, 0.3) is 5.70 Å². The molecule has 5 heteroatoms. The maximum Gasteiger partial charge on any atom is 0.226 e. The Labute approximate surface area is 145 Å². The Morgan fingerprint density at radius 2 is 1.83 bits per heavy atom. The van der Waals surface area contributed by atoms with Crippen molar-refractivity contribution in [1.82, 2.24) is 14.8 Å². The fraction of sp³-hybridized carbons (Fsp3) is 0.158. The fourth-order valence-electron chi connectivity index (χ4n) is 2.92. The third-order valence-electron chi connectivity index (χ3n) is 4.29. The zero-order chi connectivity index (χ0) is 16.5. The van der Waals surface area contributed by atoms with Crippen LogP contribution >= 0.6 is 11.6 Å². The molecule has 4 nitrogen and oxygen atoms in total. The van der Waals surface area contributed by atoms with Crippen LogP contribution in [-0.2, 0) is 6.42 Å². The standard InChI is InChI=1S/C19H17ClN4/c1-2-13-3-5-15(6-4-13)18-11-17(14-7-9-16(20)10-8-14)23-19-21-12-22-24(18)19/h3-12,18H,2H2,1H3,(H,21,22,23)/t18-/m1/s1. The van der Waals surface area contributed by atoms with Crippen molar-refractivity contribution in [2.45, 2.75) is 19.4 Å². The molecule has 0 saturated carbocycles. The van der Waals surface area contributed by atoms with E-state index in [0.29, 0.717) is 0 Å². The number of benzene rings is 2. The highest BCUT2D eigenvalue weighted by atomic mass is 35.5. The summed E-state index contributed by atoms with van der Waals surface area (Å²) >= 11 is 6.00. The maximum absolute atomic E-state index is 6.00. The highest BCUT2D eigenvalue weighted by molar-refractivity contribution is 6.30. The lowest BCUT2D eigenvalue weighted by atomic mass is 10.00. The Balaban J connectivity index is 1.77. The SMILES string of the molecule is CCc1ccc([C@H]2C=C(c3ccc(Cl)cc3)Nc3ncnn32)cc1. The van der Waals surface area contributed by atoms with Crippen molar-refractivity contribution < 1.29 is 0 Å². The molecule has 1 aromatic heterocycles. The predicted octanol–water partition coefficient (Wildman–Crippen LogP) is 4.55. The van der Waals surface area contributed by atoms with Crippen molar-refractivity contribution in [2.75, 3.05) is 5.32 Å². The molecule has 1 N–H and O–H groups in total. The van der Waals surface area contributed by atoms with Crippen molar-refractivity contribution >= 4 is 23.2 Å². The zero-order valence-electron chi connectivity index (χ0n) is 13.3. The quantitative estimate of drug-likeness (QED) is 0.763. The number of allylic oxidation sites excluding steroid dienone is 1. The Morgan fingerprint density at radius 3 is 2.54 bits per heavy atom. The molecule has 4 rings (SSSR count). The van der Waals surface area contributed by atoms with Gasteiger partial charge in [0.1, 0.15) is 12.4 Å². The van der Waals surface area contributed by atoms with E-state index in [2.05, 4.69) is 52.7 Å². The molecule has 2 aromatic carbocycles. The number of fused-ring (bicyclic) bond motifs is 1. The van der Waals surface area contributed by atoms with Crippen molar-refractivity contribution in [2.24, 2.45) is 0 Å². The fourth-order valence-corrected chi connectivity index (χ4v) is 3.05. The number of aryl methyl sites for hydroxylation is 1. The van der Waals surface area contributed by atoms with Gasteiger partial charge in [-0.3, -0.25) is 0 Å². The van der Waals surface area contributed by atoms with E-state index < -0.39 is 0 Å². The molecular weight excluding hydrogens is 320 g/mol. The Kier molecular flexibility index (Phi) is 3.82.